The van der Waals surface area contributed by atoms with Gasteiger partial charge in [0.05, 0.1) is 41.3 Å². The fraction of sp³-hybridized carbons (Fsp3) is 0.100. The van der Waals surface area contributed by atoms with Crippen LogP contribution in [0.3, 0.4) is 0 Å². The highest BCUT2D eigenvalue weighted by Gasteiger charge is 2.26. The maximum atomic E-state index is 15.3. The van der Waals surface area contributed by atoms with Crippen molar-refractivity contribution < 1.29 is 21.9 Å². The number of hydrogen-bond donors (Lipinski definition) is 2. The number of pyridine rings is 4. The van der Waals surface area contributed by atoms with Crippen LogP contribution in [0.15, 0.2) is 47.8 Å². The molecule has 0 radical (unpaired) electrons. The molecule has 0 aromatic carbocycles. The Bertz CT molecular complexity index is 1490. The summed E-state index contributed by atoms with van der Waals surface area (Å²) in [6, 6.07) is 5.91. The largest absolute Gasteiger partial charge is 0.480 e. The quantitative estimate of drug-likeness (QED) is 0.416. The van der Waals surface area contributed by atoms with Gasteiger partial charge in [-0.25, -0.2) is 32.2 Å². The van der Waals surface area contributed by atoms with Crippen LogP contribution in [-0.2, 0) is 10.0 Å². The second kappa shape index (κ2) is 8.71. The van der Waals surface area contributed by atoms with Crippen molar-refractivity contribution in [1.29, 1.82) is 0 Å². The van der Waals surface area contributed by atoms with Gasteiger partial charge in [0.15, 0.2) is 22.3 Å². The predicted molar refractivity (Wildman–Crippen MR) is 119 cm³/mol. The second-order valence-corrected chi connectivity index (χ2v) is 8.71. The molecule has 0 aliphatic rings. The summed E-state index contributed by atoms with van der Waals surface area (Å²) in [7, 11) is -1.52. The number of aromatic nitrogens is 4. The van der Waals surface area contributed by atoms with Crippen LogP contribution in [0.4, 0.5) is 20.4 Å². The first-order chi connectivity index (χ1) is 15.7. The number of nitrogens with one attached hydrogen (secondary N) is 2. The lowest BCUT2D eigenvalue weighted by Gasteiger charge is -2.13. The molecule has 0 aliphatic carbocycles. The van der Waals surface area contributed by atoms with Gasteiger partial charge in [-0.15, -0.1) is 0 Å². The van der Waals surface area contributed by atoms with E-state index >= 15 is 4.39 Å². The monoisotopic (exact) mass is 492 g/mol. The minimum Gasteiger partial charge on any atom is -0.480 e. The van der Waals surface area contributed by atoms with Crippen LogP contribution in [0.2, 0.25) is 5.02 Å². The van der Waals surface area contributed by atoms with Gasteiger partial charge in [-0.1, -0.05) is 11.6 Å². The average Bonchev–Trinajstić information content (AvgIpc) is 2.80. The van der Waals surface area contributed by atoms with E-state index < -0.39 is 37.9 Å². The fourth-order valence-electron chi connectivity index (χ4n) is 3.01. The Morgan fingerprint density at radius 2 is 1.85 bits per heavy atom. The standard InChI is InChI=1S/C20H15ClF2N6O3S/c1-24-16-4-3-10-5-13(25-9-14(10)28-16)17-12(22)8-26-19(18(17)23)29-33(30,31)15-6-11(21)7-27-20(15)32-2/h3-9H,1-2H3,(H,24,28)(H,26,29). The summed E-state index contributed by atoms with van der Waals surface area (Å²) in [6.07, 6.45) is 3.24. The zero-order chi connectivity index (χ0) is 23.8. The van der Waals surface area contributed by atoms with E-state index in [0.717, 1.165) is 6.07 Å². The summed E-state index contributed by atoms with van der Waals surface area (Å²) < 4.78 is 62.4. The molecule has 9 nitrogen and oxygen atoms in total. The number of fused-ring (bicyclic) bond motifs is 1. The zero-order valence-corrected chi connectivity index (χ0v) is 18.7. The molecule has 0 bridgehead atoms. The molecule has 170 valence electrons. The highest BCUT2D eigenvalue weighted by Crippen LogP contribution is 2.32. The van der Waals surface area contributed by atoms with Crippen molar-refractivity contribution in [2.75, 3.05) is 24.2 Å². The van der Waals surface area contributed by atoms with Gasteiger partial charge in [0.1, 0.15) is 5.82 Å². The molecule has 0 fully saturated rings. The molecule has 0 spiro atoms. The summed E-state index contributed by atoms with van der Waals surface area (Å²) >= 11 is 5.84. The van der Waals surface area contributed by atoms with Gasteiger partial charge in [0.2, 0.25) is 5.88 Å². The molecular formula is C20H15ClF2N6O3S. The highest BCUT2D eigenvalue weighted by molar-refractivity contribution is 7.92. The summed E-state index contributed by atoms with van der Waals surface area (Å²) in [5.74, 6) is -2.68. The molecule has 4 aromatic rings. The van der Waals surface area contributed by atoms with Crippen LogP contribution in [0, 0.1) is 11.6 Å². The van der Waals surface area contributed by atoms with Gasteiger partial charge in [-0.05, 0) is 24.3 Å². The second-order valence-electron chi connectivity index (χ2n) is 6.62. The number of anilines is 2. The number of hydrogen-bond acceptors (Lipinski definition) is 8. The maximum Gasteiger partial charge on any atom is 0.268 e. The summed E-state index contributed by atoms with van der Waals surface area (Å²) in [4.78, 5) is 15.3. The average molecular weight is 493 g/mol. The smallest absolute Gasteiger partial charge is 0.268 e. The Morgan fingerprint density at radius 3 is 2.58 bits per heavy atom. The van der Waals surface area contributed by atoms with Crippen molar-refractivity contribution in [3.63, 3.8) is 0 Å². The third-order valence-electron chi connectivity index (χ3n) is 4.56. The van der Waals surface area contributed by atoms with E-state index in [0.29, 0.717) is 22.9 Å². The van der Waals surface area contributed by atoms with Crippen LogP contribution in [0.25, 0.3) is 22.2 Å². The molecule has 0 atom stereocenters. The first-order valence-corrected chi connectivity index (χ1v) is 11.1. The predicted octanol–water partition coefficient (Wildman–Crippen LogP) is 3.87. The van der Waals surface area contributed by atoms with E-state index in [9.17, 15) is 12.8 Å². The Morgan fingerprint density at radius 1 is 1.06 bits per heavy atom. The van der Waals surface area contributed by atoms with Crippen molar-refractivity contribution in [2.45, 2.75) is 4.90 Å². The van der Waals surface area contributed by atoms with Crippen LogP contribution < -0.4 is 14.8 Å². The van der Waals surface area contributed by atoms with E-state index in [-0.39, 0.29) is 16.6 Å². The first kappa shape index (κ1) is 22.6. The van der Waals surface area contributed by atoms with Crippen LogP contribution in [0.1, 0.15) is 0 Å². The number of sulfonamides is 1. The number of methoxy groups -OCH3 is 1. The molecule has 4 rings (SSSR count). The molecule has 0 amide bonds. The van der Waals surface area contributed by atoms with Crippen molar-refractivity contribution >= 4 is 44.2 Å². The number of ether oxygens (including phenoxy) is 1. The van der Waals surface area contributed by atoms with Crippen molar-refractivity contribution in [1.82, 2.24) is 19.9 Å². The van der Waals surface area contributed by atoms with E-state index in [1.165, 1.54) is 25.6 Å². The molecule has 4 aromatic heterocycles. The Balaban J connectivity index is 1.78. The highest BCUT2D eigenvalue weighted by atomic mass is 35.5. The lowest BCUT2D eigenvalue weighted by atomic mass is 10.1. The third-order valence-corrected chi connectivity index (χ3v) is 6.10. The Labute approximate surface area is 191 Å². The summed E-state index contributed by atoms with van der Waals surface area (Å²) in [5.41, 5.74) is -0.123. The molecule has 0 unspecified atom stereocenters. The van der Waals surface area contributed by atoms with Crippen molar-refractivity contribution in [2.24, 2.45) is 0 Å². The summed E-state index contributed by atoms with van der Waals surface area (Å²) in [6.45, 7) is 0. The number of nitrogens with zero attached hydrogens (tertiary/aromatic N) is 4. The van der Waals surface area contributed by atoms with Gasteiger partial charge in [0.25, 0.3) is 10.0 Å². The van der Waals surface area contributed by atoms with E-state index in [1.807, 2.05) is 4.72 Å². The van der Waals surface area contributed by atoms with Crippen LogP contribution in [0.5, 0.6) is 5.88 Å². The SMILES string of the molecule is CNc1ccc2cc(-c3c(F)cnc(NS(=O)(=O)c4cc(Cl)cnc4OC)c3F)ncc2n1. The van der Waals surface area contributed by atoms with E-state index in [1.54, 1.807) is 19.2 Å². The lowest BCUT2D eigenvalue weighted by Crippen LogP contribution is -2.17. The van der Waals surface area contributed by atoms with E-state index in [4.69, 9.17) is 16.3 Å². The van der Waals surface area contributed by atoms with Crippen molar-refractivity contribution in [3.8, 4) is 17.1 Å². The Hall–Kier alpha value is -3.64. The normalized spacial score (nSPS) is 11.4. The van der Waals surface area contributed by atoms with E-state index in [2.05, 4.69) is 25.3 Å². The van der Waals surface area contributed by atoms with Gasteiger partial charge in [0, 0.05) is 18.6 Å². The first-order valence-electron chi connectivity index (χ1n) is 9.24. The molecular weight excluding hydrogens is 478 g/mol. The maximum absolute atomic E-state index is 15.3. The zero-order valence-electron chi connectivity index (χ0n) is 17.1. The molecule has 2 N–H and O–H groups in total. The number of halogens is 3. The molecule has 0 saturated carbocycles. The molecule has 4 heterocycles. The van der Waals surface area contributed by atoms with Gasteiger partial charge in [-0.2, -0.15) is 0 Å². The van der Waals surface area contributed by atoms with Gasteiger partial charge < -0.3 is 10.1 Å². The van der Waals surface area contributed by atoms with Gasteiger partial charge in [-0.3, -0.25) is 9.71 Å². The minimum atomic E-state index is -4.44. The lowest BCUT2D eigenvalue weighted by molar-refractivity contribution is 0.385. The van der Waals surface area contributed by atoms with Crippen LogP contribution >= 0.6 is 11.6 Å². The van der Waals surface area contributed by atoms with Gasteiger partial charge >= 0.3 is 0 Å². The summed E-state index contributed by atoms with van der Waals surface area (Å²) in [5, 5.41) is 3.47. The molecule has 0 saturated heterocycles. The van der Waals surface area contributed by atoms with Crippen LogP contribution in [-0.4, -0.2) is 42.5 Å². The fourth-order valence-corrected chi connectivity index (χ4v) is 4.39. The third kappa shape index (κ3) is 4.34. The minimum absolute atomic E-state index is 0.0137. The number of rotatable bonds is 6. The molecule has 33 heavy (non-hydrogen) atoms. The molecule has 0 aliphatic heterocycles. The Kier molecular flexibility index (Phi) is 5.95. The topological polar surface area (TPSA) is 119 Å². The van der Waals surface area contributed by atoms with Crippen molar-refractivity contribution in [3.05, 3.63) is 59.5 Å². The molecule has 13 heteroatoms.